The first-order valence-corrected chi connectivity index (χ1v) is 7.40. The van der Waals surface area contributed by atoms with Crippen molar-refractivity contribution < 1.29 is 4.79 Å². The fourth-order valence-electron chi connectivity index (χ4n) is 3.33. The van der Waals surface area contributed by atoms with Gasteiger partial charge in [0.2, 0.25) is 12.4 Å². The van der Waals surface area contributed by atoms with E-state index in [1.165, 1.54) is 0 Å². The van der Waals surface area contributed by atoms with E-state index in [1.54, 1.807) is 18.6 Å². The Morgan fingerprint density at radius 2 is 2.14 bits per heavy atom. The van der Waals surface area contributed by atoms with Crippen molar-refractivity contribution in [3.63, 3.8) is 0 Å². The first-order chi connectivity index (χ1) is 10.8. The molecule has 4 heterocycles. The van der Waals surface area contributed by atoms with Crippen molar-refractivity contribution >= 4 is 23.9 Å². The van der Waals surface area contributed by atoms with Gasteiger partial charge in [-0.15, -0.1) is 0 Å². The van der Waals surface area contributed by atoms with Crippen LogP contribution in [0.2, 0.25) is 0 Å². The van der Waals surface area contributed by atoms with Gasteiger partial charge >= 0.3 is 0 Å². The average molecular weight is 299 g/mol. The number of fused-ring (bicyclic) bond motifs is 2. The molecule has 22 heavy (non-hydrogen) atoms. The zero-order chi connectivity index (χ0) is 14.9. The largest absolute Gasteiger partial charge is 0.352 e. The molecule has 2 aromatic rings. The summed E-state index contributed by atoms with van der Waals surface area (Å²) in [6.07, 6.45) is 8.32. The summed E-state index contributed by atoms with van der Waals surface area (Å²) in [7, 11) is 0. The number of aromatic amines is 1. The molecule has 0 saturated carbocycles. The topological polar surface area (TPSA) is 90.0 Å². The third-order valence-electron chi connectivity index (χ3n) is 4.38. The molecular formula is C14H17N7O. The van der Waals surface area contributed by atoms with E-state index in [-0.39, 0.29) is 0 Å². The van der Waals surface area contributed by atoms with E-state index >= 15 is 0 Å². The highest BCUT2D eigenvalue weighted by Gasteiger charge is 2.39. The van der Waals surface area contributed by atoms with Gasteiger partial charge in [-0.05, 0) is 18.9 Å². The second kappa shape index (κ2) is 5.28. The molecule has 0 spiro atoms. The molecule has 4 rings (SSSR count). The van der Waals surface area contributed by atoms with E-state index in [0.29, 0.717) is 18.0 Å². The Morgan fingerprint density at radius 1 is 1.32 bits per heavy atom. The SMILES string of the molecule is O=CN1[C@@H]2CC[C@H]1CN(c1ccnc(Nc3cn[nH]c3)n1)C2. The van der Waals surface area contributed by atoms with Crippen molar-refractivity contribution in [1.29, 1.82) is 0 Å². The molecule has 2 aliphatic heterocycles. The van der Waals surface area contributed by atoms with Gasteiger partial charge in [0.05, 0.1) is 11.9 Å². The van der Waals surface area contributed by atoms with Crippen LogP contribution < -0.4 is 10.2 Å². The number of carbonyl (C=O) groups is 1. The lowest BCUT2D eigenvalue weighted by atomic mass is 10.2. The van der Waals surface area contributed by atoms with E-state index < -0.39 is 0 Å². The Morgan fingerprint density at radius 3 is 2.82 bits per heavy atom. The Balaban J connectivity index is 1.52. The molecule has 0 aromatic carbocycles. The lowest BCUT2D eigenvalue weighted by molar-refractivity contribution is -0.121. The van der Waals surface area contributed by atoms with Gasteiger partial charge in [0.15, 0.2) is 0 Å². The molecule has 114 valence electrons. The summed E-state index contributed by atoms with van der Waals surface area (Å²) in [6.45, 7) is 1.66. The van der Waals surface area contributed by atoms with Crippen LogP contribution >= 0.6 is 0 Å². The second-order valence-corrected chi connectivity index (χ2v) is 5.69. The maximum absolute atomic E-state index is 11.2. The summed E-state index contributed by atoms with van der Waals surface area (Å²) in [6, 6.07) is 2.52. The van der Waals surface area contributed by atoms with Crippen LogP contribution in [0.3, 0.4) is 0 Å². The number of nitrogens with one attached hydrogen (secondary N) is 2. The van der Waals surface area contributed by atoms with Gasteiger partial charge in [0.25, 0.3) is 0 Å². The minimum atomic E-state index is 0.302. The van der Waals surface area contributed by atoms with E-state index in [9.17, 15) is 4.79 Å². The lowest BCUT2D eigenvalue weighted by Gasteiger charge is -2.39. The molecule has 2 aromatic heterocycles. The maximum Gasteiger partial charge on any atom is 0.229 e. The third-order valence-corrected chi connectivity index (χ3v) is 4.38. The van der Waals surface area contributed by atoms with Crippen molar-refractivity contribution in [3.05, 3.63) is 24.7 Å². The van der Waals surface area contributed by atoms with Gasteiger partial charge < -0.3 is 15.1 Å². The van der Waals surface area contributed by atoms with Crippen LogP contribution in [-0.4, -0.2) is 56.6 Å². The molecule has 2 fully saturated rings. The quantitative estimate of drug-likeness (QED) is 0.810. The number of aromatic nitrogens is 4. The summed E-state index contributed by atoms with van der Waals surface area (Å²) in [5.74, 6) is 1.44. The van der Waals surface area contributed by atoms with E-state index in [0.717, 1.165) is 43.8 Å². The van der Waals surface area contributed by atoms with Crippen molar-refractivity contribution in [1.82, 2.24) is 25.1 Å². The van der Waals surface area contributed by atoms with E-state index in [1.807, 2.05) is 11.0 Å². The predicted octanol–water partition coefficient (Wildman–Crippen LogP) is 0.753. The highest BCUT2D eigenvalue weighted by atomic mass is 16.1. The molecule has 1 amide bonds. The fourth-order valence-corrected chi connectivity index (χ4v) is 3.33. The summed E-state index contributed by atoms with van der Waals surface area (Å²) in [4.78, 5) is 24.2. The predicted molar refractivity (Wildman–Crippen MR) is 80.8 cm³/mol. The number of nitrogens with zero attached hydrogens (tertiary/aromatic N) is 5. The van der Waals surface area contributed by atoms with Crippen molar-refractivity contribution in [3.8, 4) is 0 Å². The van der Waals surface area contributed by atoms with Gasteiger partial charge in [0, 0.05) is 37.6 Å². The van der Waals surface area contributed by atoms with E-state index in [4.69, 9.17) is 0 Å². The molecule has 2 aliphatic rings. The minimum Gasteiger partial charge on any atom is -0.352 e. The monoisotopic (exact) mass is 299 g/mol. The van der Waals surface area contributed by atoms with Gasteiger partial charge in [0.1, 0.15) is 5.82 Å². The summed E-state index contributed by atoms with van der Waals surface area (Å²) in [5.41, 5.74) is 0.822. The normalized spacial score (nSPS) is 23.6. The Bertz CT molecular complexity index is 645. The minimum absolute atomic E-state index is 0.302. The third kappa shape index (κ3) is 2.26. The Hall–Kier alpha value is -2.64. The van der Waals surface area contributed by atoms with Crippen LogP contribution in [0, 0.1) is 0 Å². The van der Waals surface area contributed by atoms with Crippen molar-refractivity contribution in [2.45, 2.75) is 24.9 Å². The first-order valence-electron chi connectivity index (χ1n) is 7.40. The summed E-state index contributed by atoms with van der Waals surface area (Å²) in [5, 5.41) is 9.74. The standard InChI is InChI=1S/C14H17N7O/c22-9-21-11-1-2-12(21)8-20(7-11)13-3-4-15-14(19-13)18-10-5-16-17-6-10/h3-6,9,11-12H,1-2,7-8H2,(H,16,17)(H,15,18,19)/t11-,12+. The first kappa shape index (κ1) is 13.1. The smallest absolute Gasteiger partial charge is 0.229 e. The zero-order valence-electron chi connectivity index (χ0n) is 12.0. The van der Waals surface area contributed by atoms with Gasteiger partial charge in [-0.3, -0.25) is 9.89 Å². The molecule has 8 nitrogen and oxygen atoms in total. The Labute approximate surface area is 127 Å². The van der Waals surface area contributed by atoms with Gasteiger partial charge in [-0.25, -0.2) is 4.98 Å². The van der Waals surface area contributed by atoms with Crippen LogP contribution in [0.1, 0.15) is 12.8 Å². The molecule has 2 saturated heterocycles. The van der Waals surface area contributed by atoms with Crippen molar-refractivity contribution in [2.24, 2.45) is 0 Å². The molecule has 8 heteroatoms. The van der Waals surface area contributed by atoms with Crippen LogP contribution in [-0.2, 0) is 4.79 Å². The number of carbonyl (C=O) groups excluding carboxylic acids is 1. The summed E-state index contributed by atoms with van der Waals surface area (Å²) >= 11 is 0. The number of H-pyrrole nitrogens is 1. The maximum atomic E-state index is 11.2. The molecule has 2 N–H and O–H groups in total. The molecule has 0 radical (unpaired) electrons. The van der Waals surface area contributed by atoms with Gasteiger partial charge in [-0.2, -0.15) is 10.1 Å². The highest BCUT2D eigenvalue weighted by molar-refractivity contribution is 5.55. The number of piperazine rings is 1. The number of anilines is 3. The van der Waals surface area contributed by atoms with Crippen molar-refractivity contribution in [2.75, 3.05) is 23.3 Å². The number of hydrogen-bond acceptors (Lipinski definition) is 6. The van der Waals surface area contributed by atoms with Crippen LogP contribution in [0.25, 0.3) is 0 Å². The molecule has 0 aliphatic carbocycles. The number of rotatable bonds is 4. The second-order valence-electron chi connectivity index (χ2n) is 5.69. The lowest BCUT2D eigenvalue weighted by Crippen LogP contribution is -2.53. The molecular weight excluding hydrogens is 282 g/mol. The number of amides is 1. The average Bonchev–Trinajstić information content (AvgIpc) is 3.13. The van der Waals surface area contributed by atoms with Gasteiger partial charge in [-0.1, -0.05) is 0 Å². The van der Waals surface area contributed by atoms with Crippen LogP contribution in [0.5, 0.6) is 0 Å². The summed E-state index contributed by atoms with van der Waals surface area (Å²) < 4.78 is 0. The molecule has 2 bridgehead atoms. The molecule has 2 atom stereocenters. The number of hydrogen-bond donors (Lipinski definition) is 2. The zero-order valence-corrected chi connectivity index (χ0v) is 12.0. The Kier molecular flexibility index (Phi) is 3.14. The fraction of sp³-hybridized carbons (Fsp3) is 0.429. The van der Waals surface area contributed by atoms with Crippen LogP contribution in [0.4, 0.5) is 17.5 Å². The molecule has 0 unspecified atom stereocenters. The highest BCUT2D eigenvalue weighted by Crippen LogP contribution is 2.30. The van der Waals surface area contributed by atoms with E-state index in [2.05, 4.69) is 30.4 Å². The van der Waals surface area contributed by atoms with Crippen LogP contribution in [0.15, 0.2) is 24.7 Å².